The summed E-state index contributed by atoms with van der Waals surface area (Å²) in [4.78, 5) is 4.19. The third-order valence-electron chi connectivity index (χ3n) is 3.76. The standard InChI is InChI=1S/C14H22ClN3O2S/c1-4-16-13-12(15)7-11(9-17-13)21(19,20)18-10-5-6-14(2,3)8-10/h7,9-10,18H,4-6,8H2,1-3H3,(H,16,17). The second-order valence-corrected chi connectivity index (χ2v) is 8.38. The molecule has 2 rings (SSSR count). The van der Waals surface area contributed by atoms with Crippen molar-refractivity contribution in [1.82, 2.24) is 9.71 Å². The lowest BCUT2D eigenvalue weighted by molar-refractivity contribution is 0.372. The highest BCUT2D eigenvalue weighted by Crippen LogP contribution is 2.37. The number of hydrogen-bond acceptors (Lipinski definition) is 4. The summed E-state index contributed by atoms with van der Waals surface area (Å²) in [5.74, 6) is 0.500. The van der Waals surface area contributed by atoms with Gasteiger partial charge in [0.25, 0.3) is 0 Å². The molecule has 2 N–H and O–H groups in total. The van der Waals surface area contributed by atoms with Crippen LogP contribution >= 0.6 is 11.6 Å². The Morgan fingerprint density at radius 1 is 1.48 bits per heavy atom. The molecule has 0 bridgehead atoms. The van der Waals surface area contributed by atoms with Crippen molar-refractivity contribution in [2.24, 2.45) is 5.41 Å². The second-order valence-electron chi connectivity index (χ2n) is 6.26. The van der Waals surface area contributed by atoms with Gasteiger partial charge < -0.3 is 5.32 Å². The van der Waals surface area contributed by atoms with Crippen molar-refractivity contribution in [1.29, 1.82) is 0 Å². The normalized spacial score (nSPS) is 21.4. The minimum atomic E-state index is -3.57. The number of aromatic nitrogens is 1. The molecule has 1 heterocycles. The lowest BCUT2D eigenvalue weighted by Crippen LogP contribution is -2.33. The van der Waals surface area contributed by atoms with Crippen molar-refractivity contribution in [2.45, 2.75) is 51.0 Å². The number of rotatable bonds is 5. The molecule has 1 aromatic heterocycles. The Bertz CT molecular complexity index is 617. The molecule has 118 valence electrons. The molecule has 0 amide bonds. The van der Waals surface area contributed by atoms with Gasteiger partial charge in [0.2, 0.25) is 10.0 Å². The molecule has 0 saturated heterocycles. The number of nitrogens with one attached hydrogen (secondary N) is 2. The van der Waals surface area contributed by atoms with Crippen molar-refractivity contribution in [2.75, 3.05) is 11.9 Å². The Labute approximate surface area is 131 Å². The molecule has 1 atom stereocenters. The molecule has 0 spiro atoms. The number of nitrogens with zero attached hydrogens (tertiary/aromatic N) is 1. The molecule has 0 aromatic carbocycles. The molecule has 1 saturated carbocycles. The van der Waals surface area contributed by atoms with E-state index in [1.165, 1.54) is 12.3 Å². The Hall–Kier alpha value is -0.850. The van der Waals surface area contributed by atoms with E-state index in [1.807, 2.05) is 6.92 Å². The zero-order valence-corrected chi connectivity index (χ0v) is 14.2. The van der Waals surface area contributed by atoms with E-state index in [4.69, 9.17) is 11.6 Å². The summed E-state index contributed by atoms with van der Waals surface area (Å²) < 4.78 is 27.5. The van der Waals surface area contributed by atoms with Crippen LogP contribution in [0.25, 0.3) is 0 Å². The van der Waals surface area contributed by atoms with E-state index in [1.54, 1.807) is 0 Å². The van der Waals surface area contributed by atoms with Crippen molar-refractivity contribution in [3.05, 3.63) is 17.3 Å². The summed E-state index contributed by atoms with van der Waals surface area (Å²) in [6.45, 7) is 6.91. The Kier molecular flexibility index (Phi) is 4.80. The van der Waals surface area contributed by atoms with Crippen LogP contribution in [0.15, 0.2) is 17.2 Å². The zero-order valence-electron chi connectivity index (χ0n) is 12.6. The van der Waals surface area contributed by atoms with Crippen LogP contribution in [-0.2, 0) is 10.0 Å². The first-order valence-electron chi connectivity index (χ1n) is 7.15. The van der Waals surface area contributed by atoms with Gasteiger partial charge in [0.15, 0.2) is 0 Å². The average molecular weight is 332 g/mol. The van der Waals surface area contributed by atoms with E-state index in [9.17, 15) is 8.42 Å². The van der Waals surface area contributed by atoms with Gasteiger partial charge in [0, 0.05) is 18.8 Å². The molecule has 7 heteroatoms. The molecule has 5 nitrogen and oxygen atoms in total. The smallest absolute Gasteiger partial charge is 0.242 e. The molecule has 1 aliphatic rings. The van der Waals surface area contributed by atoms with Crippen molar-refractivity contribution in [3.8, 4) is 0 Å². The van der Waals surface area contributed by atoms with Crippen LogP contribution in [0, 0.1) is 5.41 Å². The fourth-order valence-corrected chi connectivity index (χ4v) is 4.23. The van der Waals surface area contributed by atoms with Crippen LogP contribution in [0.2, 0.25) is 5.02 Å². The largest absolute Gasteiger partial charge is 0.369 e. The third-order valence-corrected chi connectivity index (χ3v) is 5.54. The van der Waals surface area contributed by atoms with Crippen LogP contribution < -0.4 is 10.0 Å². The SMILES string of the molecule is CCNc1ncc(S(=O)(=O)NC2CCC(C)(C)C2)cc1Cl. The molecular weight excluding hydrogens is 310 g/mol. The van der Waals surface area contributed by atoms with Crippen LogP contribution in [0.5, 0.6) is 0 Å². The quantitative estimate of drug-likeness (QED) is 0.870. The first kappa shape index (κ1) is 16.5. The molecule has 1 unspecified atom stereocenters. The summed E-state index contributed by atoms with van der Waals surface area (Å²) in [7, 11) is -3.57. The van der Waals surface area contributed by atoms with Gasteiger partial charge in [-0.25, -0.2) is 18.1 Å². The molecule has 1 fully saturated rings. The van der Waals surface area contributed by atoms with Gasteiger partial charge in [-0.2, -0.15) is 0 Å². The fourth-order valence-electron chi connectivity index (χ4n) is 2.69. The summed E-state index contributed by atoms with van der Waals surface area (Å²) >= 11 is 6.06. The average Bonchev–Trinajstić information content (AvgIpc) is 2.70. The lowest BCUT2D eigenvalue weighted by Gasteiger charge is -2.18. The van der Waals surface area contributed by atoms with Gasteiger partial charge in [-0.1, -0.05) is 25.4 Å². The molecule has 1 aliphatic carbocycles. The summed E-state index contributed by atoms with van der Waals surface area (Å²) in [5.41, 5.74) is 0.192. The maximum absolute atomic E-state index is 12.4. The molecule has 0 radical (unpaired) electrons. The van der Waals surface area contributed by atoms with Gasteiger partial charge in [-0.05, 0) is 37.7 Å². The van der Waals surface area contributed by atoms with Gasteiger partial charge >= 0.3 is 0 Å². The van der Waals surface area contributed by atoms with Crippen LogP contribution in [0.4, 0.5) is 5.82 Å². The van der Waals surface area contributed by atoms with Crippen molar-refractivity contribution < 1.29 is 8.42 Å². The first-order chi connectivity index (χ1) is 9.73. The fraction of sp³-hybridized carbons (Fsp3) is 0.643. The Morgan fingerprint density at radius 2 is 2.19 bits per heavy atom. The Morgan fingerprint density at radius 3 is 2.71 bits per heavy atom. The number of sulfonamides is 1. The van der Waals surface area contributed by atoms with Crippen molar-refractivity contribution >= 4 is 27.4 Å². The molecule has 0 aliphatic heterocycles. The van der Waals surface area contributed by atoms with Gasteiger partial charge in [0.05, 0.1) is 5.02 Å². The molecular formula is C14H22ClN3O2S. The first-order valence-corrected chi connectivity index (χ1v) is 9.01. The lowest BCUT2D eigenvalue weighted by atomic mass is 9.92. The van der Waals surface area contributed by atoms with Gasteiger partial charge in [-0.3, -0.25) is 0 Å². The van der Waals surface area contributed by atoms with Gasteiger partial charge in [-0.15, -0.1) is 0 Å². The number of halogens is 1. The number of anilines is 1. The predicted octanol–water partition coefficient (Wildman–Crippen LogP) is 3.02. The van der Waals surface area contributed by atoms with E-state index in [-0.39, 0.29) is 16.4 Å². The summed E-state index contributed by atoms with van der Waals surface area (Å²) in [6.07, 6.45) is 4.08. The molecule has 1 aromatic rings. The van der Waals surface area contributed by atoms with E-state index < -0.39 is 10.0 Å². The minimum absolute atomic E-state index is 0.0165. The topological polar surface area (TPSA) is 71.1 Å². The number of hydrogen-bond donors (Lipinski definition) is 2. The zero-order chi connectivity index (χ0) is 15.7. The summed E-state index contributed by atoms with van der Waals surface area (Å²) in [6, 6.07) is 1.42. The number of pyridine rings is 1. The predicted molar refractivity (Wildman–Crippen MR) is 85.2 cm³/mol. The highest BCUT2D eigenvalue weighted by molar-refractivity contribution is 7.89. The second kappa shape index (κ2) is 6.10. The third kappa shape index (κ3) is 4.08. The highest BCUT2D eigenvalue weighted by Gasteiger charge is 2.33. The van der Waals surface area contributed by atoms with Crippen molar-refractivity contribution in [3.63, 3.8) is 0 Å². The van der Waals surface area contributed by atoms with E-state index in [0.29, 0.717) is 17.4 Å². The van der Waals surface area contributed by atoms with Crippen LogP contribution in [0.1, 0.15) is 40.0 Å². The van der Waals surface area contributed by atoms with E-state index in [2.05, 4.69) is 28.9 Å². The Balaban J connectivity index is 2.15. The monoisotopic (exact) mass is 331 g/mol. The van der Waals surface area contributed by atoms with Gasteiger partial charge in [0.1, 0.15) is 10.7 Å². The highest BCUT2D eigenvalue weighted by atomic mass is 35.5. The maximum Gasteiger partial charge on any atom is 0.242 e. The van der Waals surface area contributed by atoms with E-state index in [0.717, 1.165) is 19.3 Å². The molecule has 21 heavy (non-hydrogen) atoms. The van der Waals surface area contributed by atoms with Crippen LogP contribution in [-0.4, -0.2) is 26.0 Å². The van der Waals surface area contributed by atoms with Crippen LogP contribution in [0.3, 0.4) is 0 Å². The summed E-state index contributed by atoms with van der Waals surface area (Å²) in [5, 5.41) is 3.29. The van der Waals surface area contributed by atoms with E-state index >= 15 is 0 Å². The minimum Gasteiger partial charge on any atom is -0.369 e. The maximum atomic E-state index is 12.4.